The maximum Gasteiger partial charge on any atom is 0.251 e. The van der Waals surface area contributed by atoms with Crippen LogP contribution in [0.5, 0.6) is 0 Å². The number of fused-ring (bicyclic) bond motifs is 3. The minimum atomic E-state index is -3.42. The number of unbranched alkanes of at least 4 members (excludes halogenated alkanes) is 1. The second-order valence-corrected chi connectivity index (χ2v) is 10.7. The fourth-order valence-corrected chi connectivity index (χ4v) is 6.53. The molecule has 1 saturated heterocycles. The van der Waals surface area contributed by atoms with Crippen molar-refractivity contribution in [3.63, 3.8) is 0 Å². The number of piperidine rings is 1. The Morgan fingerprint density at radius 2 is 2.10 bits per heavy atom. The lowest BCUT2D eigenvalue weighted by atomic mass is 9.65. The number of rotatable bonds is 5. The van der Waals surface area contributed by atoms with Gasteiger partial charge in [-0.1, -0.05) is 37.1 Å². The first-order valence-electron chi connectivity index (χ1n) is 10.8. The molecule has 0 bridgehead atoms. The molecule has 2 unspecified atom stereocenters. The second kappa shape index (κ2) is 8.31. The van der Waals surface area contributed by atoms with E-state index in [0.29, 0.717) is 30.6 Å². The molecule has 31 heavy (non-hydrogen) atoms. The molecule has 0 radical (unpaired) electrons. The smallest absolute Gasteiger partial charge is 0.251 e. The summed E-state index contributed by atoms with van der Waals surface area (Å²) in [5, 5.41) is 3.00. The molecule has 1 N–H and O–H groups in total. The van der Waals surface area contributed by atoms with E-state index < -0.39 is 21.4 Å². The van der Waals surface area contributed by atoms with Crippen LogP contribution in [0.2, 0.25) is 0 Å². The molecule has 8 heteroatoms. The first-order chi connectivity index (χ1) is 14.8. The SMILES string of the molecule is CCCCS(=O)(=O)N1CCC2(c3cccc(F)n3)CNC(=O)c3ccc(C)cc3C2C1. The van der Waals surface area contributed by atoms with Crippen LogP contribution in [0.1, 0.15) is 59.3 Å². The average molecular weight is 446 g/mol. The van der Waals surface area contributed by atoms with E-state index in [0.717, 1.165) is 17.5 Å². The van der Waals surface area contributed by atoms with Crippen molar-refractivity contribution in [1.82, 2.24) is 14.6 Å². The molecule has 1 fully saturated rings. The van der Waals surface area contributed by atoms with Crippen LogP contribution in [0.25, 0.3) is 0 Å². The topological polar surface area (TPSA) is 79.4 Å². The van der Waals surface area contributed by atoms with Gasteiger partial charge in [-0.25, -0.2) is 17.7 Å². The molecule has 2 aliphatic rings. The lowest BCUT2D eigenvalue weighted by Crippen LogP contribution is -2.54. The first-order valence-corrected chi connectivity index (χ1v) is 12.4. The Bertz CT molecular complexity index is 1100. The van der Waals surface area contributed by atoms with Crippen molar-refractivity contribution >= 4 is 15.9 Å². The van der Waals surface area contributed by atoms with Crippen molar-refractivity contribution < 1.29 is 17.6 Å². The minimum Gasteiger partial charge on any atom is -0.351 e. The molecule has 2 aromatic rings. The summed E-state index contributed by atoms with van der Waals surface area (Å²) < 4.78 is 41.7. The number of carbonyl (C=O) groups is 1. The average Bonchev–Trinajstić information content (AvgIpc) is 2.87. The summed E-state index contributed by atoms with van der Waals surface area (Å²) >= 11 is 0. The van der Waals surface area contributed by atoms with E-state index in [-0.39, 0.29) is 30.7 Å². The van der Waals surface area contributed by atoms with Gasteiger partial charge >= 0.3 is 0 Å². The Kier molecular flexibility index (Phi) is 5.87. The molecule has 0 spiro atoms. The Balaban J connectivity index is 1.86. The number of hydrogen-bond donors (Lipinski definition) is 1. The lowest BCUT2D eigenvalue weighted by Gasteiger charge is -2.46. The normalized spacial score (nSPS) is 24.1. The van der Waals surface area contributed by atoms with Crippen LogP contribution in [0.4, 0.5) is 4.39 Å². The summed E-state index contributed by atoms with van der Waals surface area (Å²) in [4.78, 5) is 17.1. The molecule has 1 amide bonds. The summed E-state index contributed by atoms with van der Waals surface area (Å²) in [5.74, 6) is -0.982. The third-order valence-electron chi connectivity index (χ3n) is 6.63. The maximum absolute atomic E-state index is 14.1. The van der Waals surface area contributed by atoms with Gasteiger partial charge in [0.05, 0.1) is 11.4 Å². The fourth-order valence-electron chi connectivity index (χ4n) is 4.88. The zero-order valence-electron chi connectivity index (χ0n) is 17.9. The van der Waals surface area contributed by atoms with Crippen molar-refractivity contribution in [1.29, 1.82) is 0 Å². The van der Waals surface area contributed by atoms with E-state index in [1.54, 1.807) is 22.5 Å². The Labute approximate surface area is 182 Å². The molecular weight excluding hydrogens is 417 g/mol. The number of halogens is 1. The zero-order valence-corrected chi connectivity index (χ0v) is 18.7. The van der Waals surface area contributed by atoms with Gasteiger partial charge in [-0.3, -0.25) is 4.79 Å². The van der Waals surface area contributed by atoms with Crippen LogP contribution in [0, 0.1) is 12.9 Å². The molecule has 3 heterocycles. The van der Waals surface area contributed by atoms with E-state index in [9.17, 15) is 17.6 Å². The molecule has 1 aromatic heterocycles. The largest absolute Gasteiger partial charge is 0.351 e. The highest BCUT2D eigenvalue weighted by molar-refractivity contribution is 7.89. The van der Waals surface area contributed by atoms with Crippen molar-refractivity contribution in [2.45, 2.75) is 44.4 Å². The zero-order chi connectivity index (χ0) is 22.2. The summed E-state index contributed by atoms with van der Waals surface area (Å²) in [6.45, 7) is 4.76. The van der Waals surface area contributed by atoms with E-state index in [4.69, 9.17) is 0 Å². The van der Waals surface area contributed by atoms with Crippen LogP contribution in [0.3, 0.4) is 0 Å². The number of nitrogens with zero attached hydrogens (tertiary/aromatic N) is 2. The number of amides is 1. The van der Waals surface area contributed by atoms with Gasteiger partial charge in [0.25, 0.3) is 5.91 Å². The molecule has 0 aliphatic carbocycles. The maximum atomic E-state index is 14.1. The molecule has 1 aromatic carbocycles. The number of pyridine rings is 1. The molecule has 166 valence electrons. The van der Waals surface area contributed by atoms with Crippen molar-refractivity contribution in [3.05, 3.63) is 64.7 Å². The van der Waals surface area contributed by atoms with E-state index in [2.05, 4.69) is 10.3 Å². The molecule has 6 nitrogen and oxygen atoms in total. The van der Waals surface area contributed by atoms with Crippen LogP contribution in [0.15, 0.2) is 36.4 Å². The summed E-state index contributed by atoms with van der Waals surface area (Å²) in [6.07, 6.45) is 1.86. The summed E-state index contributed by atoms with van der Waals surface area (Å²) in [6, 6.07) is 10.3. The van der Waals surface area contributed by atoms with E-state index >= 15 is 0 Å². The molecule has 4 rings (SSSR count). The predicted octanol–water partition coefficient (Wildman–Crippen LogP) is 3.13. The lowest BCUT2D eigenvalue weighted by molar-refractivity contribution is 0.0940. The standard InChI is InChI=1S/C23H28FN3O3S/c1-3-4-12-31(29,30)27-11-10-23(20-6-5-7-21(24)26-20)15-25-22(28)17-9-8-16(2)13-18(17)19(23)14-27/h5-9,13,19H,3-4,10-12,14-15H2,1-2H3,(H,25,28). The number of sulfonamides is 1. The Morgan fingerprint density at radius 3 is 2.84 bits per heavy atom. The number of aryl methyl sites for hydroxylation is 1. The number of carbonyl (C=O) groups excluding carboxylic acids is 1. The van der Waals surface area contributed by atoms with Gasteiger partial charge in [0, 0.05) is 36.5 Å². The highest BCUT2D eigenvalue weighted by Gasteiger charge is 2.50. The van der Waals surface area contributed by atoms with Crippen LogP contribution in [-0.2, 0) is 15.4 Å². The second-order valence-electron chi connectivity index (χ2n) is 8.61. The molecular formula is C23H28FN3O3S. The Morgan fingerprint density at radius 1 is 1.29 bits per heavy atom. The molecule has 0 saturated carbocycles. The number of benzene rings is 1. The number of nitrogens with one attached hydrogen (secondary N) is 1. The molecule has 2 atom stereocenters. The minimum absolute atomic E-state index is 0.110. The fraction of sp³-hybridized carbons (Fsp3) is 0.478. The molecule has 2 aliphatic heterocycles. The van der Waals surface area contributed by atoms with Crippen LogP contribution < -0.4 is 5.32 Å². The van der Waals surface area contributed by atoms with Crippen LogP contribution >= 0.6 is 0 Å². The monoisotopic (exact) mass is 445 g/mol. The predicted molar refractivity (Wildman–Crippen MR) is 117 cm³/mol. The van der Waals surface area contributed by atoms with Crippen molar-refractivity contribution in [2.75, 3.05) is 25.4 Å². The van der Waals surface area contributed by atoms with Gasteiger partial charge in [0.15, 0.2) is 0 Å². The highest BCUT2D eigenvalue weighted by Crippen LogP contribution is 2.47. The number of aromatic nitrogens is 1. The quantitative estimate of drug-likeness (QED) is 0.717. The first kappa shape index (κ1) is 21.9. The van der Waals surface area contributed by atoms with Crippen LogP contribution in [-0.4, -0.2) is 49.0 Å². The number of hydrogen-bond acceptors (Lipinski definition) is 4. The highest BCUT2D eigenvalue weighted by atomic mass is 32.2. The Hall–Kier alpha value is -2.32. The van der Waals surface area contributed by atoms with Gasteiger partial charge in [-0.05, 0) is 43.5 Å². The summed E-state index contributed by atoms with van der Waals surface area (Å²) in [7, 11) is -3.42. The van der Waals surface area contributed by atoms with Gasteiger partial charge in [-0.15, -0.1) is 0 Å². The van der Waals surface area contributed by atoms with E-state index in [1.165, 1.54) is 6.07 Å². The third kappa shape index (κ3) is 3.99. The van der Waals surface area contributed by atoms with E-state index in [1.807, 2.05) is 26.0 Å². The van der Waals surface area contributed by atoms with Crippen molar-refractivity contribution in [3.8, 4) is 0 Å². The van der Waals surface area contributed by atoms with Gasteiger partial charge in [-0.2, -0.15) is 4.39 Å². The van der Waals surface area contributed by atoms with Gasteiger partial charge in [0.1, 0.15) is 0 Å². The summed E-state index contributed by atoms with van der Waals surface area (Å²) in [5.41, 5.74) is 2.20. The van der Waals surface area contributed by atoms with Crippen molar-refractivity contribution in [2.24, 2.45) is 0 Å². The third-order valence-corrected chi connectivity index (χ3v) is 8.55. The van der Waals surface area contributed by atoms with Gasteiger partial charge in [0.2, 0.25) is 16.0 Å². The van der Waals surface area contributed by atoms with Gasteiger partial charge < -0.3 is 5.32 Å².